The third-order valence-corrected chi connectivity index (χ3v) is 13.0. The summed E-state index contributed by atoms with van der Waals surface area (Å²) in [4.78, 5) is 58.6. The van der Waals surface area contributed by atoms with Gasteiger partial charge in [0, 0.05) is 72.9 Å². The normalized spacial score (nSPS) is 17.6. The summed E-state index contributed by atoms with van der Waals surface area (Å²) in [5.41, 5.74) is -4.73. The van der Waals surface area contributed by atoms with E-state index in [-0.39, 0.29) is 33.6 Å². The zero-order valence-electron chi connectivity index (χ0n) is 41.7. The Morgan fingerprint density at radius 3 is 1.94 bits per heavy atom. The van der Waals surface area contributed by atoms with Crippen molar-refractivity contribution in [3.63, 3.8) is 0 Å². The minimum atomic E-state index is -5.29. The topological polar surface area (TPSA) is 225 Å². The first-order chi connectivity index (χ1) is 36.0. The van der Waals surface area contributed by atoms with Crippen LogP contribution in [0, 0.1) is 34.3 Å². The fourth-order valence-electron chi connectivity index (χ4n) is 8.30. The smallest absolute Gasteiger partial charge is 0.407 e. The van der Waals surface area contributed by atoms with Crippen LogP contribution in [0.4, 0.5) is 59.3 Å². The Morgan fingerprint density at radius 1 is 0.844 bits per heavy atom. The number of aliphatic hydroxyl groups is 1. The lowest BCUT2D eigenvalue weighted by Gasteiger charge is -2.42. The van der Waals surface area contributed by atoms with E-state index in [9.17, 15) is 64.5 Å². The second-order valence-corrected chi connectivity index (χ2v) is 19.4. The van der Waals surface area contributed by atoms with E-state index in [0.29, 0.717) is 82.3 Å². The molecule has 2 aliphatic heterocycles. The molecule has 2 aromatic carbocycles. The highest BCUT2D eigenvalue weighted by atomic mass is 19.4. The van der Waals surface area contributed by atoms with Gasteiger partial charge in [-0.2, -0.15) is 40.2 Å². The van der Waals surface area contributed by atoms with Crippen LogP contribution < -0.4 is 31.6 Å². The van der Waals surface area contributed by atoms with Gasteiger partial charge in [-0.3, -0.25) is 15.0 Å². The third-order valence-electron chi connectivity index (χ3n) is 13.0. The van der Waals surface area contributed by atoms with E-state index in [1.807, 2.05) is 16.8 Å². The number of carbonyl (C=O) groups is 4. The summed E-state index contributed by atoms with van der Waals surface area (Å²) in [7, 11) is 0.807. The molecule has 0 spiro atoms. The monoisotopic (exact) mass is 1100 g/mol. The quantitative estimate of drug-likeness (QED) is 0.0364. The number of hydrogen-bond donors (Lipinski definition) is 7. The number of piperazine rings is 1. The third kappa shape index (κ3) is 14.6. The van der Waals surface area contributed by atoms with Crippen molar-refractivity contribution in [2.24, 2.45) is 10.8 Å². The molecule has 0 aliphatic carbocycles. The molecule has 6 rings (SSSR count). The summed E-state index contributed by atoms with van der Waals surface area (Å²) in [6.07, 6.45) is -14.3. The molecule has 0 saturated carbocycles. The maximum Gasteiger partial charge on any atom is 0.407 e. The number of methoxy groups -OCH3 is 1. The predicted octanol–water partition coefficient (Wildman–Crippen LogP) is 5.65. The molecular weight excluding hydrogens is 1050 g/mol. The van der Waals surface area contributed by atoms with Crippen LogP contribution in [0.2, 0.25) is 0 Å². The number of benzene rings is 2. The molecule has 2 fully saturated rings. The maximum absolute atomic E-state index is 16.0. The molecule has 2 unspecified atom stereocenters. The number of alkyl carbamates (subject to hydrolysis) is 1. The number of aromatic nitrogens is 3. The van der Waals surface area contributed by atoms with Crippen LogP contribution in [-0.2, 0) is 32.0 Å². The maximum atomic E-state index is 16.0. The molecule has 2 bridgehead atoms. The Balaban J connectivity index is 1.33. The van der Waals surface area contributed by atoms with E-state index in [1.165, 1.54) is 29.6 Å². The zero-order chi connectivity index (χ0) is 56.8. The van der Waals surface area contributed by atoms with Gasteiger partial charge in [-0.15, -0.1) is 0 Å². The van der Waals surface area contributed by atoms with E-state index in [0.717, 1.165) is 25.2 Å². The summed E-state index contributed by atoms with van der Waals surface area (Å²) < 4.78 is 155. The van der Waals surface area contributed by atoms with Crippen molar-refractivity contribution in [2.45, 2.75) is 95.9 Å². The molecular formula is C49H54F10N10O8. The lowest BCUT2D eigenvalue weighted by atomic mass is 9.82. The second-order valence-electron chi connectivity index (χ2n) is 19.4. The van der Waals surface area contributed by atoms with Gasteiger partial charge in [-0.05, 0) is 82.1 Å². The number of halogens is 10. The lowest BCUT2D eigenvalue weighted by molar-refractivity contribution is -0.221. The van der Waals surface area contributed by atoms with Gasteiger partial charge in [0.05, 0.1) is 49.0 Å². The number of hydrogen-bond acceptors (Lipinski definition) is 12. The van der Waals surface area contributed by atoms with Gasteiger partial charge in [0.25, 0.3) is 5.91 Å². The zero-order valence-corrected chi connectivity index (χ0v) is 41.7. The average molecular weight is 1100 g/mol. The largest absolute Gasteiger partial charge is 0.465 e. The molecule has 4 aromatic rings. The number of anilines is 1. The number of hydrazine groups is 1. The Kier molecular flexibility index (Phi) is 18.4. The lowest BCUT2D eigenvalue weighted by Crippen LogP contribution is -2.63. The Morgan fingerprint density at radius 2 is 1.42 bits per heavy atom. The van der Waals surface area contributed by atoms with E-state index < -0.39 is 115 Å². The highest BCUT2D eigenvalue weighted by Gasteiger charge is 2.57. The Bertz CT molecular complexity index is 2770. The van der Waals surface area contributed by atoms with E-state index in [4.69, 9.17) is 4.74 Å². The first-order valence-electron chi connectivity index (χ1n) is 23.5. The summed E-state index contributed by atoms with van der Waals surface area (Å²) in [5, 5.41) is 34.5. The first kappa shape index (κ1) is 59.0. The van der Waals surface area contributed by atoms with Gasteiger partial charge in [-0.25, -0.2) is 33.0 Å². The number of carboxylic acid groups (broad SMARTS) is 1. The molecule has 2 saturated heterocycles. The SMILES string of the molecule is COC(=O)N[C@H](C(=O)N[C@@H](Cc1ccc(C#Cc2ccc(N3CC4COCC(C3)N4)nc2)cc1)[C@@H](O)CN(Cc1c(F)cc(-c2ccn(C(F)F)n2)cc1F)NC(=O)[C@@H](NC(=O)O)C(C)(C)C(F)(F)F)C(C)(C)C(F)(F)F. The molecule has 4 heterocycles. The second kappa shape index (κ2) is 24.0. The Labute approximate surface area is 433 Å². The molecule has 7 N–H and O–H groups in total. The van der Waals surface area contributed by atoms with Gasteiger partial charge in [0.1, 0.15) is 29.5 Å². The van der Waals surface area contributed by atoms with Gasteiger partial charge in [-0.1, -0.05) is 24.0 Å². The fraction of sp³-hybridized carbons (Fsp3) is 0.469. The fourth-order valence-corrected chi connectivity index (χ4v) is 8.30. The minimum absolute atomic E-state index is 0.160. The number of alkyl halides is 8. The van der Waals surface area contributed by atoms with Crippen molar-refractivity contribution in [1.82, 2.24) is 46.5 Å². The van der Waals surface area contributed by atoms with Gasteiger partial charge >= 0.3 is 31.1 Å². The number of nitrogens with zero attached hydrogens (tertiary/aromatic N) is 5. The molecule has 2 aliphatic rings. The van der Waals surface area contributed by atoms with E-state index in [1.54, 1.807) is 12.3 Å². The summed E-state index contributed by atoms with van der Waals surface area (Å²) >= 11 is 0. The van der Waals surface area contributed by atoms with Crippen LogP contribution in [0.5, 0.6) is 0 Å². The van der Waals surface area contributed by atoms with Gasteiger partial charge in [0.15, 0.2) is 0 Å². The van der Waals surface area contributed by atoms with Crippen LogP contribution in [0.1, 0.15) is 56.5 Å². The number of fused-ring (bicyclic) bond motifs is 2. The molecule has 6 atom stereocenters. The number of nitrogens with one attached hydrogen (secondary N) is 5. The highest BCUT2D eigenvalue weighted by molar-refractivity contribution is 5.87. The summed E-state index contributed by atoms with van der Waals surface area (Å²) in [5.74, 6) is 0.469. The van der Waals surface area contributed by atoms with Crippen molar-refractivity contribution < 1.29 is 82.8 Å². The molecule has 0 radical (unpaired) electrons. The first-order valence-corrected chi connectivity index (χ1v) is 23.5. The van der Waals surface area contributed by atoms with Crippen LogP contribution in [0.15, 0.2) is 67.0 Å². The molecule has 2 aromatic heterocycles. The van der Waals surface area contributed by atoms with Crippen LogP contribution in [0.3, 0.4) is 0 Å². The summed E-state index contributed by atoms with van der Waals surface area (Å²) in [6.45, 7) is -0.827. The van der Waals surface area contributed by atoms with Gasteiger partial charge in [0.2, 0.25) is 5.91 Å². The van der Waals surface area contributed by atoms with E-state index in [2.05, 4.69) is 42.2 Å². The number of morpholine rings is 1. The van der Waals surface area contributed by atoms with Crippen molar-refractivity contribution in [2.75, 3.05) is 44.9 Å². The number of amides is 4. The molecule has 77 heavy (non-hydrogen) atoms. The molecule has 4 amide bonds. The molecule has 28 heteroatoms. The average Bonchev–Trinajstić information content (AvgIpc) is 3.86. The Hall–Kier alpha value is -7.22. The van der Waals surface area contributed by atoms with Gasteiger partial charge < -0.3 is 45.9 Å². The van der Waals surface area contributed by atoms with Crippen molar-refractivity contribution in [1.29, 1.82) is 0 Å². The van der Waals surface area contributed by atoms with Crippen LogP contribution in [0.25, 0.3) is 11.3 Å². The minimum Gasteiger partial charge on any atom is -0.465 e. The number of pyridine rings is 1. The molecule has 18 nitrogen and oxygen atoms in total. The number of ether oxygens (including phenoxy) is 2. The summed E-state index contributed by atoms with van der Waals surface area (Å²) in [6, 6.07) is 5.21. The number of rotatable bonds is 18. The van der Waals surface area contributed by atoms with Crippen LogP contribution in [-0.4, -0.2) is 143 Å². The van der Waals surface area contributed by atoms with Crippen molar-refractivity contribution in [3.8, 4) is 23.1 Å². The molecule has 418 valence electrons. The van der Waals surface area contributed by atoms with Crippen molar-refractivity contribution in [3.05, 3.63) is 101 Å². The highest BCUT2D eigenvalue weighted by Crippen LogP contribution is 2.42. The number of carbonyl (C=O) groups excluding carboxylic acids is 3. The number of aliphatic hydroxyl groups excluding tert-OH is 1. The van der Waals surface area contributed by atoms with Crippen molar-refractivity contribution >= 4 is 29.8 Å². The van der Waals surface area contributed by atoms with E-state index >= 15 is 8.78 Å². The predicted molar refractivity (Wildman–Crippen MR) is 253 cm³/mol. The standard InChI is InChI=1S/C49H54F10N10O8/c1-46(2,48(54,55)56)39(64-45(75)76-5)41(71)62-36(16-27-9-6-26(7-10-27)8-11-28-12-13-38(60-19-28)67-20-30-24-77-25-31(21-67)61-30)37(70)23-68(66-42(72)40(63-44(73)74)47(3,4)49(57,58)59)22-32-33(50)17-29(18-34(32)51)35-14-15-69(65-35)43(52)53/h6-7,9-10,12-15,17-19,30-31,36-37,39-40,43,61,63,70H,16,20-25H2,1-5H3,(H,62,71)(H,64,75)(H,66,72)(H,73,74)/t30?,31?,36-,37-,39+,40+/m0/s1. The van der Waals surface area contributed by atoms with Crippen LogP contribution >= 0.6 is 0 Å².